The zero-order valence-electron chi connectivity index (χ0n) is 12.3. The predicted molar refractivity (Wildman–Crippen MR) is 86.2 cm³/mol. The molecular formula is C16H15N3O2S. The first-order chi connectivity index (χ1) is 10.6. The molecule has 0 atom stereocenters. The molecule has 3 rings (SSSR count). The summed E-state index contributed by atoms with van der Waals surface area (Å²) in [6, 6.07) is 9.84. The monoisotopic (exact) mass is 313 g/mol. The van der Waals surface area contributed by atoms with E-state index in [4.69, 9.17) is 5.11 Å². The summed E-state index contributed by atoms with van der Waals surface area (Å²) < 4.78 is 0. The van der Waals surface area contributed by atoms with E-state index in [2.05, 4.69) is 46.4 Å². The minimum Gasteiger partial charge on any atom is -0.477 e. The second kappa shape index (κ2) is 5.73. The molecule has 0 amide bonds. The van der Waals surface area contributed by atoms with Crippen LogP contribution < -0.4 is 0 Å². The smallest absolute Gasteiger partial charge is 0.353 e. The molecule has 3 aromatic rings. The van der Waals surface area contributed by atoms with Crippen molar-refractivity contribution in [2.24, 2.45) is 0 Å². The normalized spacial score (nSPS) is 10.8. The molecule has 0 bridgehead atoms. The van der Waals surface area contributed by atoms with Crippen molar-refractivity contribution in [3.63, 3.8) is 0 Å². The van der Waals surface area contributed by atoms with Crippen molar-refractivity contribution in [3.05, 3.63) is 46.5 Å². The Balaban J connectivity index is 1.97. The molecule has 0 aliphatic rings. The van der Waals surface area contributed by atoms with Gasteiger partial charge >= 0.3 is 5.97 Å². The number of aromatic nitrogens is 3. The van der Waals surface area contributed by atoms with Gasteiger partial charge in [0.1, 0.15) is 22.1 Å². The van der Waals surface area contributed by atoms with Gasteiger partial charge in [0.05, 0.1) is 0 Å². The zero-order valence-corrected chi connectivity index (χ0v) is 13.1. The molecule has 6 heteroatoms. The van der Waals surface area contributed by atoms with Gasteiger partial charge in [-0.1, -0.05) is 31.2 Å². The number of nitrogens with zero attached hydrogens (tertiary/aromatic N) is 2. The van der Waals surface area contributed by atoms with Crippen LogP contribution in [0.1, 0.15) is 27.9 Å². The Morgan fingerprint density at radius 2 is 2.05 bits per heavy atom. The van der Waals surface area contributed by atoms with E-state index in [1.807, 2.05) is 6.92 Å². The van der Waals surface area contributed by atoms with E-state index < -0.39 is 5.97 Å². The second-order valence-electron chi connectivity index (χ2n) is 4.95. The third-order valence-electron chi connectivity index (χ3n) is 3.46. The molecule has 22 heavy (non-hydrogen) atoms. The lowest BCUT2D eigenvalue weighted by Crippen LogP contribution is -1.95. The summed E-state index contributed by atoms with van der Waals surface area (Å²) in [7, 11) is 0. The summed E-state index contributed by atoms with van der Waals surface area (Å²) in [6.07, 6.45) is 1.01. The van der Waals surface area contributed by atoms with Crippen molar-refractivity contribution in [2.75, 3.05) is 0 Å². The van der Waals surface area contributed by atoms with Crippen LogP contribution in [-0.4, -0.2) is 26.3 Å². The Labute approximate surface area is 131 Å². The Hall–Kier alpha value is -2.47. The first kappa shape index (κ1) is 14.5. The number of aromatic carboxylic acids is 1. The number of carboxylic acids is 1. The van der Waals surface area contributed by atoms with Crippen LogP contribution in [0.15, 0.2) is 30.3 Å². The highest BCUT2D eigenvalue weighted by molar-refractivity contribution is 7.15. The van der Waals surface area contributed by atoms with Gasteiger partial charge < -0.3 is 5.11 Å². The molecule has 2 heterocycles. The summed E-state index contributed by atoms with van der Waals surface area (Å²) in [4.78, 5) is 16.6. The Bertz CT molecular complexity index is 818. The number of carbonyl (C=O) groups is 1. The third-order valence-corrected chi connectivity index (χ3v) is 4.48. The summed E-state index contributed by atoms with van der Waals surface area (Å²) in [5.41, 5.74) is 3.70. The highest BCUT2D eigenvalue weighted by Gasteiger charge is 2.16. The molecule has 0 aliphatic carbocycles. The molecule has 112 valence electrons. The van der Waals surface area contributed by atoms with Crippen LogP contribution in [0.4, 0.5) is 0 Å². The molecule has 0 fully saturated rings. The summed E-state index contributed by atoms with van der Waals surface area (Å²) in [5.74, 6) is -1.03. The maximum absolute atomic E-state index is 10.9. The molecule has 0 aliphatic heterocycles. The van der Waals surface area contributed by atoms with E-state index in [0.29, 0.717) is 5.69 Å². The lowest BCUT2D eigenvalue weighted by Gasteiger charge is -1.98. The molecular weight excluding hydrogens is 298 g/mol. The van der Waals surface area contributed by atoms with Crippen molar-refractivity contribution in [1.29, 1.82) is 0 Å². The fourth-order valence-corrected chi connectivity index (χ4v) is 3.12. The number of thiazole rings is 1. The SMILES string of the molecule is CCc1ccc(-c2nc(-c3cc(C(=O)O)[nH]n3)c(C)s2)cc1. The van der Waals surface area contributed by atoms with Gasteiger partial charge in [0.25, 0.3) is 0 Å². The lowest BCUT2D eigenvalue weighted by molar-refractivity contribution is 0.0690. The highest BCUT2D eigenvalue weighted by Crippen LogP contribution is 2.32. The van der Waals surface area contributed by atoms with Gasteiger partial charge in [-0.3, -0.25) is 5.10 Å². The molecule has 5 nitrogen and oxygen atoms in total. The van der Waals surface area contributed by atoms with Crippen molar-refractivity contribution in [3.8, 4) is 22.0 Å². The van der Waals surface area contributed by atoms with Crippen molar-refractivity contribution >= 4 is 17.3 Å². The van der Waals surface area contributed by atoms with E-state index in [9.17, 15) is 4.79 Å². The van der Waals surface area contributed by atoms with Gasteiger partial charge in [0, 0.05) is 16.5 Å². The van der Waals surface area contributed by atoms with Gasteiger partial charge in [-0.25, -0.2) is 9.78 Å². The largest absolute Gasteiger partial charge is 0.477 e. The Morgan fingerprint density at radius 1 is 1.32 bits per heavy atom. The Kier molecular flexibility index (Phi) is 3.77. The molecule has 0 unspecified atom stereocenters. The van der Waals surface area contributed by atoms with Crippen molar-refractivity contribution in [2.45, 2.75) is 20.3 Å². The van der Waals surface area contributed by atoms with Crippen LogP contribution in [0.5, 0.6) is 0 Å². The summed E-state index contributed by atoms with van der Waals surface area (Å²) in [6.45, 7) is 4.09. The number of aromatic amines is 1. The number of carboxylic acid groups (broad SMARTS) is 1. The zero-order chi connectivity index (χ0) is 15.7. The molecule has 0 saturated heterocycles. The minimum atomic E-state index is -1.03. The van der Waals surface area contributed by atoms with E-state index in [-0.39, 0.29) is 5.69 Å². The van der Waals surface area contributed by atoms with Gasteiger partial charge in [0.2, 0.25) is 0 Å². The van der Waals surface area contributed by atoms with Crippen LogP contribution in [0.25, 0.3) is 22.0 Å². The number of hydrogen-bond donors (Lipinski definition) is 2. The van der Waals surface area contributed by atoms with E-state index in [1.165, 1.54) is 11.6 Å². The fraction of sp³-hybridized carbons (Fsp3) is 0.188. The fourth-order valence-electron chi connectivity index (χ4n) is 2.19. The second-order valence-corrected chi connectivity index (χ2v) is 6.15. The highest BCUT2D eigenvalue weighted by atomic mass is 32.1. The van der Waals surface area contributed by atoms with Crippen molar-refractivity contribution in [1.82, 2.24) is 15.2 Å². The van der Waals surface area contributed by atoms with Gasteiger partial charge in [-0.2, -0.15) is 5.10 Å². The third kappa shape index (κ3) is 2.65. The average molecular weight is 313 g/mol. The lowest BCUT2D eigenvalue weighted by atomic mass is 10.1. The van der Waals surface area contributed by atoms with E-state index in [1.54, 1.807) is 11.3 Å². The number of nitrogens with one attached hydrogen (secondary N) is 1. The van der Waals surface area contributed by atoms with Crippen LogP contribution in [0, 0.1) is 6.92 Å². The number of aryl methyl sites for hydroxylation is 2. The quantitative estimate of drug-likeness (QED) is 0.768. The maximum atomic E-state index is 10.9. The topological polar surface area (TPSA) is 78.9 Å². The molecule has 1 aromatic carbocycles. The van der Waals surface area contributed by atoms with Crippen LogP contribution in [0.3, 0.4) is 0 Å². The molecule has 2 aromatic heterocycles. The molecule has 0 spiro atoms. The first-order valence-electron chi connectivity index (χ1n) is 6.94. The Morgan fingerprint density at radius 3 is 2.64 bits per heavy atom. The van der Waals surface area contributed by atoms with Crippen LogP contribution in [0.2, 0.25) is 0 Å². The van der Waals surface area contributed by atoms with E-state index >= 15 is 0 Å². The number of hydrogen-bond acceptors (Lipinski definition) is 4. The van der Waals surface area contributed by atoms with Crippen molar-refractivity contribution < 1.29 is 9.90 Å². The molecule has 0 radical (unpaired) electrons. The van der Waals surface area contributed by atoms with Crippen LogP contribution >= 0.6 is 11.3 Å². The maximum Gasteiger partial charge on any atom is 0.353 e. The number of rotatable bonds is 4. The van der Waals surface area contributed by atoms with Gasteiger partial charge in [-0.15, -0.1) is 11.3 Å². The van der Waals surface area contributed by atoms with Gasteiger partial charge in [-0.05, 0) is 18.9 Å². The van der Waals surface area contributed by atoms with E-state index in [0.717, 1.165) is 27.6 Å². The summed E-state index contributed by atoms with van der Waals surface area (Å²) >= 11 is 1.58. The molecule has 2 N–H and O–H groups in total. The average Bonchev–Trinajstić information content (AvgIpc) is 3.14. The van der Waals surface area contributed by atoms with Crippen LogP contribution in [-0.2, 0) is 6.42 Å². The number of H-pyrrole nitrogens is 1. The first-order valence-corrected chi connectivity index (χ1v) is 7.76. The standard InChI is InChI=1S/C16H15N3O2S/c1-3-10-4-6-11(7-5-10)15-17-14(9(2)22-15)12-8-13(16(20)21)19-18-12/h4-8H,3H2,1-2H3,(H,18,19)(H,20,21). The summed E-state index contributed by atoms with van der Waals surface area (Å²) in [5, 5.41) is 16.4. The predicted octanol–water partition coefficient (Wildman–Crippen LogP) is 3.77. The number of benzene rings is 1. The van der Waals surface area contributed by atoms with Gasteiger partial charge in [0.15, 0.2) is 0 Å². The molecule has 0 saturated carbocycles. The minimum absolute atomic E-state index is 0.0660.